The van der Waals surface area contributed by atoms with Gasteiger partial charge in [-0.2, -0.15) is 0 Å². The molecule has 1 aliphatic heterocycles. The van der Waals surface area contributed by atoms with E-state index in [-0.39, 0.29) is 23.9 Å². The number of fused-ring (bicyclic) bond motifs is 2. The molecule has 4 rings (SSSR count). The molecule has 1 aromatic carbocycles. The quantitative estimate of drug-likeness (QED) is 0.638. The molecule has 0 unspecified atom stereocenters. The molecule has 0 radical (unpaired) electrons. The fourth-order valence-corrected chi connectivity index (χ4v) is 3.73. The van der Waals surface area contributed by atoms with Crippen LogP contribution in [0.1, 0.15) is 53.3 Å². The Morgan fingerprint density at radius 1 is 1.26 bits per heavy atom. The van der Waals surface area contributed by atoms with Crippen molar-refractivity contribution in [2.24, 2.45) is 10.6 Å². The molecular formula is C20H22N2O5. The lowest BCUT2D eigenvalue weighted by Gasteiger charge is -2.28. The summed E-state index contributed by atoms with van der Waals surface area (Å²) in [5, 5.41) is 15.7. The number of nitrogens with one attached hydrogen (secondary N) is 1. The molecule has 0 fully saturated rings. The van der Waals surface area contributed by atoms with Crippen molar-refractivity contribution in [3.63, 3.8) is 0 Å². The average Bonchev–Trinajstić information content (AvgIpc) is 3.22. The van der Waals surface area contributed by atoms with Crippen LogP contribution in [-0.4, -0.2) is 23.6 Å². The molecule has 142 valence electrons. The highest BCUT2D eigenvalue weighted by atomic mass is 16.7. The van der Waals surface area contributed by atoms with Gasteiger partial charge in [0.25, 0.3) is 5.91 Å². The number of amides is 1. The summed E-state index contributed by atoms with van der Waals surface area (Å²) in [4.78, 5) is 12.7. The van der Waals surface area contributed by atoms with Crippen molar-refractivity contribution in [1.29, 1.82) is 0 Å². The fourth-order valence-electron chi connectivity index (χ4n) is 3.73. The zero-order chi connectivity index (χ0) is 19.2. The number of nitrogens with zero attached hydrogens (tertiary/aromatic N) is 1. The van der Waals surface area contributed by atoms with Crippen molar-refractivity contribution in [3.8, 4) is 11.5 Å². The normalized spacial score (nSPS) is 18.4. The smallest absolute Gasteiger partial charge is 0.287 e. The highest BCUT2D eigenvalue weighted by Gasteiger charge is 2.36. The van der Waals surface area contributed by atoms with Gasteiger partial charge in [-0.3, -0.25) is 4.79 Å². The third kappa shape index (κ3) is 3.13. The van der Waals surface area contributed by atoms with Gasteiger partial charge in [-0.25, -0.2) is 0 Å². The molecule has 27 heavy (non-hydrogen) atoms. The van der Waals surface area contributed by atoms with Crippen molar-refractivity contribution in [3.05, 3.63) is 46.4 Å². The lowest BCUT2D eigenvalue weighted by Crippen LogP contribution is -2.27. The van der Waals surface area contributed by atoms with Gasteiger partial charge in [0.15, 0.2) is 17.3 Å². The van der Waals surface area contributed by atoms with Crippen molar-refractivity contribution in [2.75, 3.05) is 6.79 Å². The molecule has 0 saturated heterocycles. The van der Waals surface area contributed by atoms with Crippen LogP contribution in [0.15, 0.2) is 27.8 Å². The monoisotopic (exact) mass is 370 g/mol. The van der Waals surface area contributed by atoms with E-state index in [2.05, 4.69) is 24.3 Å². The Morgan fingerprint density at radius 2 is 2.04 bits per heavy atom. The van der Waals surface area contributed by atoms with Crippen LogP contribution in [0.2, 0.25) is 0 Å². The van der Waals surface area contributed by atoms with Crippen molar-refractivity contribution >= 4 is 11.6 Å². The summed E-state index contributed by atoms with van der Waals surface area (Å²) in [6, 6.07) is 5.56. The number of carbonyl (C=O) groups is 1. The average molecular weight is 370 g/mol. The SMILES string of the molecule is Cc1c(C(=O)NCc2ccc3c(c2)OCO3)oc2c1/C(=N\O)CC(C)(C)C2. The number of furan rings is 1. The summed E-state index contributed by atoms with van der Waals surface area (Å²) in [5.74, 6) is 2.05. The van der Waals surface area contributed by atoms with Gasteiger partial charge in [0.2, 0.25) is 6.79 Å². The van der Waals surface area contributed by atoms with Crippen LogP contribution in [-0.2, 0) is 13.0 Å². The van der Waals surface area contributed by atoms with Crippen LogP contribution in [0.3, 0.4) is 0 Å². The topological polar surface area (TPSA) is 93.3 Å². The first-order valence-electron chi connectivity index (χ1n) is 8.88. The molecular weight excluding hydrogens is 348 g/mol. The van der Waals surface area contributed by atoms with Gasteiger partial charge < -0.3 is 24.4 Å². The number of rotatable bonds is 3. The van der Waals surface area contributed by atoms with Crippen LogP contribution in [0.25, 0.3) is 0 Å². The summed E-state index contributed by atoms with van der Waals surface area (Å²) in [7, 11) is 0. The Labute approximate surface area is 157 Å². The molecule has 1 aromatic heterocycles. The second-order valence-corrected chi connectivity index (χ2v) is 7.79. The molecule has 2 N–H and O–H groups in total. The van der Waals surface area contributed by atoms with Gasteiger partial charge in [0.1, 0.15) is 5.76 Å². The summed E-state index contributed by atoms with van der Waals surface area (Å²) in [5.41, 5.74) is 2.85. The third-order valence-electron chi connectivity index (χ3n) is 5.01. The molecule has 7 heteroatoms. The number of hydrogen-bond acceptors (Lipinski definition) is 6. The third-order valence-corrected chi connectivity index (χ3v) is 5.01. The van der Waals surface area contributed by atoms with Crippen LogP contribution >= 0.6 is 0 Å². The minimum atomic E-state index is -0.297. The Morgan fingerprint density at radius 3 is 2.81 bits per heavy atom. The fraction of sp³-hybridized carbons (Fsp3) is 0.400. The molecule has 0 spiro atoms. The first-order chi connectivity index (χ1) is 12.9. The molecule has 1 aliphatic carbocycles. The lowest BCUT2D eigenvalue weighted by molar-refractivity contribution is 0.0919. The molecule has 2 aliphatic rings. The van der Waals surface area contributed by atoms with Crippen molar-refractivity contribution < 1.29 is 23.9 Å². The summed E-state index contributed by atoms with van der Waals surface area (Å²) < 4.78 is 16.5. The van der Waals surface area contributed by atoms with Crippen LogP contribution < -0.4 is 14.8 Å². The predicted molar refractivity (Wildman–Crippen MR) is 97.6 cm³/mol. The van der Waals surface area contributed by atoms with E-state index >= 15 is 0 Å². The van der Waals surface area contributed by atoms with Crippen molar-refractivity contribution in [2.45, 2.75) is 40.2 Å². The van der Waals surface area contributed by atoms with E-state index in [9.17, 15) is 10.0 Å². The van der Waals surface area contributed by atoms with Crippen LogP contribution in [0.4, 0.5) is 0 Å². The maximum atomic E-state index is 12.7. The zero-order valence-electron chi connectivity index (χ0n) is 15.6. The number of oxime groups is 1. The Kier molecular flexibility index (Phi) is 4.09. The van der Waals surface area contributed by atoms with Crippen molar-refractivity contribution in [1.82, 2.24) is 5.32 Å². The molecule has 2 aromatic rings. The van der Waals surface area contributed by atoms with Gasteiger partial charge in [-0.1, -0.05) is 25.1 Å². The summed E-state index contributed by atoms with van der Waals surface area (Å²) in [6.45, 7) is 6.54. The number of benzene rings is 1. The highest BCUT2D eigenvalue weighted by molar-refractivity contribution is 6.06. The van der Waals surface area contributed by atoms with E-state index in [1.165, 1.54) is 0 Å². The molecule has 0 bridgehead atoms. The van der Waals surface area contributed by atoms with E-state index in [1.807, 2.05) is 25.1 Å². The maximum Gasteiger partial charge on any atom is 0.287 e. The van der Waals surface area contributed by atoms with Gasteiger partial charge in [-0.05, 0) is 36.5 Å². The number of hydrogen-bond donors (Lipinski definition) is 2. The van der Waals surface area contributed by atoms with Gasteiger partial charge >= 0.3 is 0 Å². The largest absolute Gasteiger partial charge is 0.455 e. The molecule has 0 atom stereocenters. The summed E-state index contributed by atoms with van der Waals surface area (Å²) >= 11 is 0. The van der Waals surface area contributed by atoms with Gasteiger partial charge in [0.05, 0.1) is 5.71 Å². The second kappa shape index (κ2) is 6.33. The summed E-state index contributed by atoms with van der Waals surface area (Å²) in [6.07, 6.45) is 1.33. The first kappa shape index (κ1) is 17.5. The van der Waals surface area contributed by atoms with E-state index in [1.54, 1.807) is 0 Å². The minimum Gasteiger partial charge on any atom is -0.455 e. The molecule has 7 nitrogen and oxygen atoms in total. The Hall–Kier alpha value is -2.96. The van der Waals surface area contributed by atoms with Gasteiger partial charge in [-0.15, -0.1) is 0 Å². The van der Waals surface area contributed by atoms with E-state index < -0.39 is 0 Å². The predicted octanol–water partition coefficient (Wildman–Crippen LogP) is 3.40. The molecule has 1 amide bonds. The maximum absolute atomic E-state index is 12.7. The Balaban J connectivity index is 1.54. The second-order valence-electron chi connectivity index (χ2n) is 7.79. The van der Waals surface area contributed by atoms with Gasteiger partial charge in [0, 0.05) is 24.1 Å². The standard InChI is InChI=1S/C20H22N2O5/c1-11-17-13(22-24)7-20(2,3)8-16(17)27-18(11)19(23)21-9-12-4-5-14-15(6-12)26-10-25-14/h4-6,24H,7-10H2,1-3H3,(H,21,23)/b22-13-. The first-order valence-corrected chi connectivity index (χ1v) is 8.88. The Bertz CT molecular complexity index is 942. The highest BCUT2D eigenvalue weighted by Crippen LogP contribution is 2.39. The van der Waals surface area contributed by atoms with Crippen LogP contribution in [0.5, 0.6) is 11.5 Å². The molecule has 2 heterocycles. The number of carbonyl (C=O) groups excluding carboxylic acids is 1. The lowest BCUT2D eigenvalue weighted by atomic mass is 9.75. The van der Waals surface area contributed by atoms with E-state index in [0.29, 0.717) is 47.9 Å². The number of ether oxygens (including phenoxy) is 2. The minimum absolute atomic E-state index is 0.0842. The van der Waals surface area contributed by atoms with E-state index in [4.69, 9.17) is 13.9 Å². The van der Waals surface area contributed by atoms with E-state index in [0.717, 1.165) is 11.1 Å². The van der Waals surface area contributed by atoms with Crippen LogP contribution in [0, 0.1) is 12.3 Å². The molecule has 0 saturated carbocycles. The zero-order valence-corrected chi connectivity index (χ0v) is 15.6.